The molecular weight excluding hydrogens is 136 g/mol. The van der Waals surface area contributed by atoms with Crippen LogP contribution >= 0.6 is 0 Å². The number of hydrogen-bond donors (Lipinski definition) is 2. The van der Waals surface area contributed by atoms with E-state index in [2.05, 4.69) is 31.5 Å². The first-order valence-corrected chi connectivity index (χ1v) is 4.04. The van der Waals surface area contributed by atoms with Crippen molar-refractivity contribution in [3.8, 4) is 0 Å². The first-order chi connectivity index (χ1) is 5.22. The molecule has 0 saturated carbocycles. The minimum atomic E-state index is 0.685. The Morgan fingerprint density at radius 2 is 1.82 bits per heavy atom. The van der Waals surface area contributed by atoms with Crippen LogP contribution in [0.15, 0.2) is 12.7 Å². The van der Waals surface area contributed by atoms with Gasteiger partial charge >= 0.3 is 0 Å². The number of rotatable bonds is 2. The fourth-order valence-corrected chi connectivity index (χ4v) is 0.204. The standard InChI is InChI=1S/C5H13N.C3H6.CH5N/c1-4-5(2)6-3;1-3-2;1-2/h5-6H,4H2,1-3H3;3H,1H2,2H3;2H2,1H3. The maximum absolute atomic E-state index is 4.50. The lowest BCUT2D eigenvalue weighted by Gasteiger charge is -2.02. The van der Waals surface area contributed by atoms with Crippen LogP contribution in [0.3, 0.4) is 0 Å². The molecule has 0 aliphatic carbocycles. The molecule has 0 spiro atoms. The quantitative estimate of drug-likeness (QED) is 0.604. The minimum absolute atomic E-state index is 0.685. The lowest BCUT2D eigenvalue weighted by Crippen LogP contribution is -2.19. The van der Waals surface area contributed by atoms with Gasteiger partial charge in [-0.3, -0.25) is 0 Å². The molecule has 0 bridgehead atoms. The Morgan fingerprint density at radius 3 is 1.82 bits per heavy atom. The molecule has 3 N–H and O–H groups in total. The molecule has 0 aliphatic rings. The molecule has 0 fully saturated rings. The maximum Gasteiger partial charge on any atom is 0.00331 e. The van der Waals surface area contributed by atoms with Crippen LogP contribution in [0.4, 0.5) is 0 Å². The summed E-state index contributed by atoms with van der Waals surface area (Å²) in [6.07, 6.45) is 2.97. The Bertz CT molecular complexity index is 49.5. The van der Waals surface area contributed by atoms with Gasteiger partial charge in [-0.2, -0.15) is 0 Å². The second-order valence-corrected chi connectivity index (χ2v) is 2.01. The van der Waals surface area contributed by atoms with Crippen molar-refractivity contribution in [1.82, 2.24) is 5.32 Å². The summed E-state index contributed by atoms with van der Waals surface area (Å²) in [7, 11) is 3.48. The van der Waals surface area contributed by atoms with Crippen molar-refractivity contribution in [1.29, 1.82) is 0 Å². The number of nitrogens with two attached hydrogens (primary N) is 1. The van der Waals surface area contributed by atoms with E-state index in [-0.39, 0.29) is 0 Å². The molecule has 2 nitrogen and oxygen atoms in total. The molecule has 1 unspecified atom stereocenters. The highest BCUT2D eigenvalue weighted by atomic mass is 14.8. The molecule has 1 atom stereocenters. The molecule has 2 heteroatoms. The van der Waals surface area contributed by atoms with Crippen molar-refractivity contribution in [3.63, 3.8) is 0 Å². The second-order valence-electron chi connectivity index (χ2n) is 2.01. The first kappa shape index (κ1) is 17.0. The molecule has 0 amide bonds. The van der Waals surface area contributed by atoms with Gasteiger partial charge in [0.2, 0.25) is 0 Å². The fraction of sp³-hybridized carbons (Fsp3) is 0.778. The van der Waals surface area contributed by atoms with Crippen molar-refractivity contribution >= 4 is 0 Å². The normalized spacial score (nSPS) is 9.64. The average Bonchev–Trinajstić information content (AvgIpc) is 2.08. The van der Waals surface area contributed by atoms with Crippen LogP contribution in [-0.4, -0.2) is 20.1 Å². The fourth-order valence-electron chi connectivity index (χ4n) is 0.204. The van der Waals surface area contributed by atoms with Gasteiger partial charge in [-0.05, 0) is 34.4 Å². The highest BCUT2D eigenvalue weighted by Gasteiger charge is 1.86. The van der Waals surface area contributed by atoms with Gasteiger partial charge in [-0.1, -0.05) is 13.0 Å². The molecule has 0 aliphatic heterocycles. The zero-order valence-electron chi connectivity index (χ0n) is 8.65. The zero-order chi connectivity index (χ0) is 9.70. The van der Waals surface area contributed by atoms with E-state index in [1.54, 1.807) is 6.08 Å². The van der Waals surface area contributed by atoms with Gasteiger partial charge in [0.05, 0.1) is 0 Å². The SMILES string of the molecule is C=CC.CCC(C)NC.CN. The third-order valence-corrected chi connectivity index (χ3v) is 1.11. The van der Waals surface area contributed by atoms with Crippen LogP contribution in [0.1, 0.15) is 27.2 Å². The second kappa shape index (κ2) is 22.6. The Morgan fingerprint density at radius 1 is 1.55 bits per heavy atom. The highest BCUT2D eigenvalue weighted by molar-refractivity contribution is 4.51. The summed E-state index contributed by atoms with van der Waals surface area (Å²) in [6, 6.07) is 0.685. The van der Waals surface area contributed by atoms with Crippen molar-refractivity contribution < 1.29 is 0 Å². The van der Waals surface area contributed by atoms with Crippen LogP contribution in [0.25, 0.3) is 0 Å². The van der Waals surface area contributed by atoms with Crippen LogP contribution < -0.4 is 11.1 Å². The molecule has 0 rings (SSSR count). The third-order valence-electron chi connectivity index (χ3n) is 1.11. The van der Waals surface area contributed by atoms with E-state index in [9.17, 15) is 0 Å². The Kier molecular flexibility index (Phi) is 34.9. The average molecular weight is 160 g/mol. The predicted molar refractivity (Wildman–Crippen MR) is 54.8 cm³/mol. The van der Waals surface area contributed by atoms with Crippen molar-refractivity contribution in [2.45, 2.75) is 33.2 Å². The molecule has 0 aromatic carbocycles. The maximum atomic E-state index is 4.50. The largest absolute Gasteiger partial charge is 0.333 e. The van der Waals surface area contributed by atoms with Crippen molar-refractivity contribution in [3.05, 3.63) is 12.7 Å². The number of allylic oxidation sites excluding steroid dienone is 1. The lowest BCUT2D eigenvalue weighted by molar-refractivity contribution is 0.593. The minimum Gasteiger partial charge on any atom is -0.333 e. The van der Waals surface area contributed by atoms with Crippen molar-refractivity contribution in [2.75, 3.05) is 14.1 Å². The first-order valence-electron chi connectivity index (χ1n) is 4.04. The molecule has 70 valence electrons. The van der Waals surface area contributed by atoms with Crippen LogP contribution in [0.2, 0.25) is 0 Å². The summed E-state index contributed by atoms with van der Waals surface area (Å²) >= 11 is 0. The van der Waals surface area contributed by atoms with Crippen LogP contribution in [-0.2, 0) is 0 Å². The predicted octanol–water partition coefficient (Wildman–Crippen LogP) is 1.77. The Balaban J connectivity index is -0.000000109. The lowest BCUT2D eigenvalue weighted by atomic mass is 10.3. The van der Waals surface area contributed by atoms with E-state index in [1.807, 2.05) is 14.0 Å². The van der Waals surface area contributed by atoms with Gasteiger partial charge in [0, 0.05) is 6.04 Å². The van der Waals surface area contributed by atoms with E-state index < -0.39 is 0 Å². The van der Waals surface area contributed by atoms with E-state index in [4.69, 9.17) is 0 Å². The summed E-state index contributed by atoms with van der Waals surface area (Å²) < 4.78 is 0. The van der Waals surface area contributed by atoms with Crippen molar-refractivity contribution in [2.24, 2.45) is 5.73 Å². The van der Waals surface area contributed by atoms with E-state index in [1.165, 1.54) is 13.5 Å². The van der Waals surface area contributed by atoms with Gasteiger partial charge in [-0.15, -0.1) is 6.58 Å². The molecule has 0 radical (unpaired) electrons. The summed E-state index contributed by atoms with van der Waals surface area (Å²) in [5.74, 6) is 0. The van der Waals surface area contributed by atoms with Gasteiger partial charge in [-0.25, -0.2) is 0 Å². The third kappa shape index (κ3) is 42.3. The Hall–Kier alpha value is -0.340. The summed E-state index contributed by atoms with van der Waals surface area (Å²) in [4.78, 5) is 0. The monoisotopic (exact) mass is 160 g/mol. The summed E-state index contributed by atoms with van der Waals surface area (Å²) in [5, 5.41) is 3.11. The van der Waals surface area contributed by atoms with E-state index >= 15 is 0 Å². The molecule has 0 heterocycles. The van der Waals surface area contributed by atoms with Gasteiger partial charge in [0.15, 0.2) is 0 Å². The molecule has 0 saturated heterocycles. The highest BCUT2D eigenvalue weighted by Crippen LogP contribution is 1.82. The van der Waals surface area contributed by atoms with E-state index in [0.717, 1.165) is 0 Å². The summed E-state index contributed by atoms with van der Waals surface area (Å²) in [6.45, 7) is 9.58. The number of hydrogen-bond acceptors (Lipinski definition) is 2. The Labute approximate surface area is 71.9 Å². The van der Waals surface area contributed by atoms with Gasteiger partial charge in [0.25, 0.3) is 0 Å². The summed E-state index contributed by atoms with van der Waals surface area (Å²) in [5.41, 5.74) is 4.50. The van der Waals surface area contributed by atoms with E-state index in [0.29, 0.717) is 6.04 Å². The van der Waals surface area contributed by atoms with Gasteiger partial charge < -0.3 is 11.1 Å². The van der Waals surface area contributed by atoms with Gasteiger partial charge in [0.1, 0.15) is 0 Å². The molecule has 11 heavy (non-hydrogen) atoms. The van der Waals surface area contributed by atoms with Crippen LogP contribution in [0, 0.1) is 0 Å². The smallest absolute Gasteiger partial charge is 0.00331 e. The molecule has 0 aromatic rings. The van der Waals surface area contributed by atoms with Crippen LogP contribution in [0.5, 0.6) is 0 Å². The molecule has 0 aromatic heterocycles. The zero-order valence-corrected chi connectivity index (χ0v) is 8.65. The topological polar surface area (TPSA) is 38.0 Å². The molecular formula is C9H24N2. The number of nitrogens with one attached hydrogen (secondary N) is 1.